The predicted octanol–water partition coefficient (Wildman–Crippen LogP) is 2.85. The van der Waals surface area contributed by atoms with E-state index in [4.69, 9.17) is 4.74 Å². The molecule has 2 aromatic rings. The lowest BCUT2D eigenvalue weighted by atomic mass is 10.1. The Balaban J connectivity index is 1.81. The van der Waals surface area contributed by atoms with E-state index in [1.54, 1.807) is 30.1 Å². The number of fused-ring (bicyclic) bond motifs is 1. The van der Waals surface area contributed by atoms with E-state index in [-0.39, 0.29) is 24.5 Å². The molecular formula is C18H18N2O3. The summed E-state index contributed by atoms with van der Waals surface area (Å²) in [6.07, 6.45) is 0. The van der Waals surface area contributed by atoms with Crippen molar-refractivity contribution in [2.24, 2.45) is 0 Å². The summed E-state index contributed by atoms with van der Waals surface area (Å²) in [6, 6.07) is 14.9. The molecule has 2 aromatic carbocycles. The molecule has 1 heterocycles. The minimum Gasteiger partial charge on any atom is -0.482 e. The summed E-state index contributed by atoms with van der Waals surface area (Å²) in [4.78, 5) is 25.7. The average molecular weight is 310 g/mol. The zero-order chi connectivity index (χ0) is 16.4. The van der Waals surface area contributed by atoms with E-state index >= 15 is 0 Å². The number of hydrogen-bond acceptors (Lipinski definition) is 3. The summed E-state index contributed by atoms with van der Waals surface area (Å²) in [7, 11) is 1.78. The van der Waals surface area contributed by atoms with Gasteiger partial charge in [-0.05, 0) is 30.7 Å². The third-order valence-corrected chi connectivity index (χ3v) is 4.04. The zero-order valence-corrected chi connectivity index (χ0v) is 13.1. The molecular weight excluding hydrogens is 292 g/mol. The van der Waals surface area contributed by atoms with Crippen LogP contribution in [0, 0.1) is 0 Å². The van der Waals surface area contributed by atoms with Crippen LogP contribution in [0.1, 0.15) is 28.9 Å². The van der Waals surface area contributed by atoms with Crippen LogP contribution in [0.25, 0.3) is 0 Å². The Morgan fingerprint density at radius 3 is 2.70 bits per heavy atom. The first-order valence-electron chi connectivity index (χ1n) is 7.45. The van der Waals surface area contributed by atoms with Crippen molar-refractivity contribution in [2.75, 3.05) is 19.0 Å². The van der Waals surface area contributed by atoms with E-state index in [1.165, 1.54) is 0 Å². The maximum absolute atomic E-state index is 12.7. The third kappa shape index (κ3) is 3.04. The largest absolute Gasteiger partial charge is 0.482 e. The lowest BCUT2D eigenvalue weighted by Crippen LogP contribution is -2.30. The average Bonchev–Trinajstić information content (AvgIpc) is 2.60. The van der Waals surface area contributed by atoms with Gasteiger partial charge in [-0.25, -0.2) is 0 Å². The number of nitrogens with zero attached hydrogens (tertiary/aromatic N) is 1. The van der Waals surface area contributed by atoms with Crippen LogP contribution in [0.3, 0.4) is 0 Å². The van der Waals surface area contributed by atoms with Gasteiger partial charge in [-0.3, -0.25) is 9.59 Å². The van der Waals surface area contributed by atoms with Crippen LogP contribution in [-0.4, -0.2) is 30.4 Å². The van der Waals surface area contributed by atoms with Crippen LogP contribution in [-0.2, 0) is 4.79 Å². The Bertz CT molecular complexity index is 743. The normalized spacial score (nSPS) is 14.3. The summed E-state index contributed by atoms with van der Waals surface area (Å²) in [5, 5.41) is 2.72. The summed E-state index contributed by atoms with van der Waals surface area (Å²) in [6.45, 7) is 1.96. The molecule has 23 heavy (non-hydrogen) atoms. The van der Waals surface area contributed by atoms with Gasteiger partial charge in [0.25, 0.3) is 11.8 Å². The molecule has 0 bridgehead atoms. The number of carbonyl (C=O) groups excluding carboxylic acids is 2. The molecule has 118 valence electrons. The molecule has 1 atom stereocenters. The molecule has 0 saturated carbocycles. The summed E-state index contributed by atoms with van der Waals surface area (Å²) < 4.78 is 5.37. The first-order chi connectivity index (χ1) is 11.1. The topological polar surface area (TPSA) is 58.6 Å². The monoisotopic (exact) mass is 310 g/mol. The number of amides is 2. The van der Waals surface area contributed by atoms with Crippen molar-refractivity contribution in [3.8, 4) is 5.75 Å². The van der Waals surface area contributed by atoms with E-state index in [2.05, 4.69) is 5.32 Å². The minimum absolute atomic E-state index is 0.0269. The number of nitrogens with one attached hydrogen (secondary N) is 1. The first-order valence-corrected chi connectivity index (χ1v) is 7.45. The van der Waals surface area contributed by atoms with Crippen LogP contribution in [0.2, 0.25) is 0 Å². The van der Waals surface area contributed by atoms with Crippen molar-refractivity contribution >= 4 is 17.5 Å². The maximum Gasteiger partial charge on any atom is 0.262 e. The van der Waals surface area contributed by atoms with Gasteiger partial charge in [0.2, 0.25) is 0 Å². The van der Waals surface area contributed by atoms with Crippen LogP contribution in [0.5, 0.6) is 5.75 Å². The van der Waals surface area contributed by atoms with Crippen molar-refractivity contribution in [1.82, 2.24) is 4.90 Å². The highest BCUT2D eigenvalue weighted by atomic mass is 16.5. The second kappa shape index (κ2) is 6.12. The van der Waals surface area contributed by atoms with Gasteiger partial charge in [0, 0.05) is 12.6 Å². The maximum atomic E-state index is 12.7. The Kier molecular flexibility index (Phi) is 4.02. The lowest BCUT2D eigenvalue weighted by molar-refractivity contribution is -0.118. The van der Waals surface area contributed by atoms with Crippen LogP contribution < -0.4 is 10.1 Å². The number of anilines is 1. The molecule has 5 nitrogen and oxygen atoms in total. The Hall–Kier alpha value is -2.82. The highest BCUT2D eigenvalue weighted by Gasteiger charge is 2.22. The third-order valence-electron chi connectivity index (χ3n) is 4.04. The minimum atomic E-state index is -0.189. The SMILES string of the molecule is CC(c1ccccc1)N(C)C(=O)c1ccc2c(c1)OCC(=O)N2. The van der Waals surface area contributed by atoms with Gasteiger partial charge in [-0.1, -0.05) is 30.3 Å². The fourth-order valence-corrected chi connectivity index (χ4v) is 2.54. The van der Waals surface area contributed by atoms with Gasteiger partial charge in [0.1, 0.15) is 5.75 Å². The fourth-order valence-electron chi connectivity index (χ4n) is 2.54. The summed E-state index contributed by atoms with van der Waals surface area (Å²) >= 11 is 0. The highest BCUT2D eigenvalue weighted by molar-refractivity contribution is 5.99. The molecule has 2 amide bonds. The van der Waals surface area contributed by atoms with Crippen molar-refractivity contribution < 1.29 is 14.3 Å². The first kappa shape index (κ1) is 15.1. The molecule has 0 fully saturated rings. The summed E-state index contributed by atoms with van der Waals surface area (Å²) in [5.74, 6) is 0.243. The highest BCUT2D eigenvalue weighted by Crippen LogP contribution is 2.30. The van der Waals surface area contributed by atoms with Crippen LogP contribution >= 0.6 is 0 Å². The number of carbonyl (C=O) groups is 2. The lowest BCUT2D eigenvalue weighted by Gasteiger charge is -2.26. The van der Waals surface area contributed by atoms with Gasteiger partial charge >= 0.3 is 0 Å². The molecule has 1 aliphatic rings. The van der Waals surface area contributed by atoms with Crippen LogP contribution in [0.15, 0.2) is 48.5 Å². The number of ether oxygens (including phenoxy) is 1. The Morgan fingerprint density at radius 2 is 1.96 bits per heavy atom. The standard InChI is InChI=1S/C18H18N2O3/c1-12(13-6-4-3-5-7-13)20(2)18(22)14-8-9-15-16(10-14)23-11-17(21)19-15/h3-10,12H,11H2,1-2H3,(H,19,21). The summed E-state index contributed by atoms with van der Waals surface area (Å²) in [5.41, 5.74) is 2.20. The van der Waals surface area contributed by atoms with Crippen LogP contribution in [0.4, 0.5) is 5.69 Å². The van der Waals surface area contributed by atoms with Crippen molar-refractivity contribution in [3.05, 3.63) is 59.7 Å². The molecule has 0 aliphatic carbocycles. The van der Waals surface area contributed by atoms with Crippen molar-refractivity contribution in [2.45, 2.75) is 13.0 Å². The van der Waals surface area contributed by atoms with Gasteiger partial charge in [0.15, 0.2) is 6.61 Å². The van der Waals surface area contributed by atoms with Crippen molar-refractivity contribution in [3.63, 3.8) is 0 Å². The molecule has 0 spiro atoms. The smallest absolute Gasteiger partial charge is 0.262 e. The predicted molar refractivity (Wildman–Crippen MR) is 87.5 cm³/mol. The van der Waals surface area contributed by atoms with Gasteiger partial charge in [-0.15, -0.1) is 0 Å². The number of hydrogen-bond donors (Lipinski definition) is 1. The van der Waals surface area contributed by atoms with E-state index < -0.39 is 0 Å². The molecule has 1 unspecified atom stereocenters. The second-order valence-electron chi connectivity index (χ2n) is 5.55. The van der Waals surface area contributed by atoms with Gasteiger partial charge in [-0.2, -0.15) is 0 Å². The Labute approximate surface area is 134 Å². The molecule has 1 aliphatic heterocycles. The molecule has 5 heteroatoms. The van der Waals surface area contributed by atoms with Gasteiger partial charge < -0.3 is 15.0 Å². The van der Waals surface area contributed by atoms with Gasteiger partial charge in [0.05, 0.1) is 11.7 Å². The second-order valence-corrected chi connectivity index (χ2v) is 5.55. The number of rotatable bonds is 3. The van der Waals surface area contributed by atoms with E-state index in [0.29, 0.717) is 17.0 Å². The quantitative estimate of drug-likeness (QED) is 0.948. The fraction of sp³-hybridized carbons (Fsp3) is 0.222. The molecule has 0 aromatic heterocycles. The molecule has 0 radical (unpaired) electrons. The number of benzene rings is 2. The molecule has 3 rings (SSSR count). The molecule has 1 N–H and O–H groups in total. The van der Waals surface area contributed by atoms with E-state index in [0.717, 1.165) is 5.56 Å². The van der Waals surface area contributed by atoms with E-state index in [9.17, 15) is 9.59 Å². The van der Waals surface area contributed by atoms with E-state index in [1.807, 2.05) is 37.3 Å². The molecule has 0 saturated heterocycles. The Morgan fingerprint density at radius 1 is 1.22 bits per heavy atom. The van der Waals surface area contributed by atoms with Crippen molar-refractivity contribution in [1.29, 1.82) is 0 Å². The zero-order valence-electron chi connectivity index (χ0n) is 13.1.